The summed E-state index contributed by atoms with van der Waals surface area (Å²) < 4.78 is 10.9. The van der Waals surface area contributed by atoms with Crippen LogP contribution in [0.15, 0.2) is 30.3 Å². The Bertz CT molecular complexity index is 354. The molecule has 0 heterocycles. The summed E-state index contributed by atoms with van der Waals surface area (Å²) in [6, 6.07) is 9.40. The Hall–Kier alpha value is -1.55. The van der Waals surface area contributed by atoms with Crippen molar-refractivity contribution in [1.82, 2.24) is 5.32 Å². The molecule has 4 heteroatoms. The third-order valence-electron chi connectivity index (χ3n) is 2.65. The van der Waals surface area contributed by atoms with Crippen molar-refractivity contribution in [3.8, 4) is 5.75 Å². The number of benzene rings is 1. The highest BCUT2D eigenvalue weighted by molar-refractivity contribution is 5.81. The van der Waals surface area contributed by atoms with Crippen LogP contribution in [0, 0.1) is 0 Å². The van der Waals surface area contributed by atoms with Crippen LogP contribution in [0.5, 0.6) is 5.75 Å². The molecule has 0 unspecified atom stereocenters. The zero-order valence-electron chi connectivity index (χ0n) is 11.7. The molecule has 1 rings (SSSR count). The van der Waals surface area contributed by atoms with Crippen LogP contribution in [0.4, 0.5) is 0 Å². The van der Waals surface area contributed by atoms with Gasteiger partial charge in [-0.25, -0.2) is 0 Å². The third kappa shape index (κ3) is 6.25. The molecular formula is C15H23NO3. The highest BCUT2D eigenvalue weighted by Gasteiger charge is 2.17. The average molecular weight is 265 g/mol. The maximum Gasteiger partial charge on any atom is 0.261 e. The van der Waals surface area contributed by atoms with Gasteiger partial charge in [0.1, 0.15) is 5.75 Å². The predicted molar refractivity (Wildman–Crippen MR) is 75.3 cm³/mol. The van der Waals surface area contributed by atoms with Crippen LogP contribution in [-0.4, -0.2) is 31.8 Å². The predicted octanol–water partition coefficient (Wildman–Crippen LogP) is 2.39. The van der Waals surface area contributed by atoms with E-state index in [1.807, 2.05) is 44.2 Å². The Morgan fingerprint density at radius 1 is 1.26 bits per heavy atom. The fourth-order valence-electron chi connectivity index (χ4n) is 1.63. The third-order valence-corrected chi connectivity index (χ3v) is 2.65. The monoisotopic (exact) mass is 265 g/mol. The zero-order valence-corrected chi connectivity index (χ0v) is 11.7. The molecule has 0 bridgehead atoms. The van der Waals surface area contributed by atoms with E-state index in [1.165, 1.54) is 0 Å². The second-order valence-electron chi connectivity index (χ2n) is 4.17. The molecule has 0 aliphatic carbocycles. The molecule has 0 saturated carbocycles. The van der Waals surface area contributed by atoms with E-state index < -0.39 is 6.10 Å². The van der Waals surface area contributed by atoms with Crippen molar-refractivity contribution in [3.63, 3.8) is 0 Å². The lowest BCUT2D eigenvalue weighted by molar-refractivity contribution is -0.128. The number of para-hydroxylation sites is 1. The molecule has 106 valence electrons. The van der Waals surface area contributed by atoms with Crippen LogP contribution in [0.1, 0.15) is 26.7 Å². The molecule has 0 radical (unpaired) electrons. The Kier molecular flexibility index (Phi) is 7.66. The minimum absolute atomic E-state index is 0.0668. The molecule has 1 atom stereocenters. The maximum absolute atomic E-state index is 11.9. The van der Waals surface area contributed by atoms with Crippen LogP contribution >= 0.6 is 0 Å². The summed E-state index contributed by atoms with van der Waals surface area (Å²) in [5, 5.41) is 2.87. The van der Waals surface area contributed by atoms with Crippen molar-refractivity contribution in [2.24, 2.45) is 0 Å². The van der Waals surface area contributed by atoms with Gasteiger partial charge in [0.25, 0.3) is 5.91 Å². The van der Waals surface area contributed by atoms with Gasteiger partial charge in [-0.05, 0) is 31.9 Å². The molecule has 1 N–H and O–H groups in total. The maximum atomic E-state index is 11.9. The SMILES string of the molecule is CCOCCCNC(=O)[C@H](CC)Oc1ccccc1. The molecule has 19 heavy (non-hydrogen) atoms. The second-order valence-corrected chi connectivity index (χ2v) is 4.17. The summed E-state index contributed by atoms with van der Waals surface area (Å²) in [5.74, 6) is 0.654. The number of carbonyl (C=O) groups is 1. The lowest BCUT2D eigenvalue weighted by atomic mass is 10.2. The van der Waals surface area contributed by atoms with Crippen molar-refractivity contribution < 1.29 is 14.3 Å². The normalized spacial score (nSPS) is 11.9. The standard InChI is InChI=1S/C15H23NO3/c1-3-14(19-13-9-6-5-7-10-13)15(17)16-11-8-12-18-4-2/h5-7,9-10,14H,3-4,8,11-12H2,1-2H3,(H,16,17)/t14-/m0/s1. The fourth-order valence-corrected chi connectivity index (χ4v) is 1.63. The molecule has 0 aliphatic heterocycles. The number of ether oxygens (including phenoxy) is 2. The first-order chi connectivity index (χ1) is 9.27. The number of nitrogens with one attached hydrogen (secondary N) is 1. The van der Waals surface area contributed by atoms with Crippen LogP contribution in [0.2, 0.25) is 0 Å². The molecule has 1 aromatic rings. The highest BCUT2D eigenvalue weighted by Crippen LogP contribution is 2.12. The van der Waals surface area contributed by atoms with Gasteiger partial charge in [0.05, 0.1) is 0 Å². The topological polar surface area (TPSA) is 47.6 Å². The zero-order chi connectivity index (χ0) is 13.9. The van der Waals surface area contributed by atoms with Gasteiger partial charge in [0.15, 0.2) is 6.10 Å². The highest BCUT2D eigenvalue weighted by atomic mass is 16.5. The molecule has 0 aliphatic rings. The first-order valence-electron chi connectivity index (χ1n) is 6.85. The Labute approximate surface area is 115 Å². The number of hydrogen-bond donors (Lipinski definition) is 1. The molecule has 0 spiro atoms. The van der Waals surface area contributed by atoms with Gasteiger partial charge in [-0.1, -0.05) is 25.1 Å². The molecule has 0 fully saturated rings. The van der Waals surface area contributed by atoms with Gasteiger partial charge >= 0.3 is 0 Å². The lowest BCUT2D eigenvalue weighted by Gasteiger charge is -2.17. The molecule has 1 amide bonds. The molecule has 1 aromatic carbocycles. The molecular weight excluding hydrogens is 242 g/mol. The number of hydrogen-bond acceptors (Lipinski definition) is 3. The minimum Gasteiger partial charge on any atom is -0.481 e. The first-order valence-corrected chi connectivity index (χ1v) is 6.85. The van der Waals surface area contributed by atoms with E-state index in [0.29, 0.717) is 26.2 Å². The Morgan fingerprint density at radius 2 is 2.00 bits per heavy atom. The minimum atomic E-state index is -0.436. The van der Waals surface area contributed by atoms with E-state index in [9.17, 15) is 4.79 Å². The van der Waals surface area contributed by atoms with E-state index in [2.05, 4.69) is 5.32 Å². The van der Waals surface area contributed by atoms with Gasteiger partial charge in [-0.2, -0.15) is 0 Å². The first kappa shape index (κ1) is 15.5. The molecule has 0 aromatic heterocycles. The van der Waals surface area contributed by atoms with Crippen LogP contribution < -0.4 is 10.1 Å². The van der Waals surface area contributed by atoms with Crippen LogP contribution in [0.3, 0.4) is 0 Å². The summed E-state index contributed by atoms with van der Waals surface area (Å²) >= 11 is 0. The lowest BCUT2D eigenvalue weighted by Crippen LogP contribution is -2.38. The van der Waals surface area contributed by atoms with Crippen molar-refractivity contribution >= 4 is 5.91 Å². The average Bonchev–Trinajstić information content (AvgIpc) is 2.45. The van der Waals surface area contributed by atoms with Gasteiger partial charge in [0, 0.05) is 19.8 Å². The van der Waals surface area contributed by atoms with E-state index >= 15 is 0 Å². The smallest absolute Gasteiger partial charge is 0.261 e. The van der Waals surface area contributed by atoms with Crippen LogP contribution in [0.25, 0.3) is 0 Å². The summed E-state index contributed by atoms with van der Waals surface area (Å²) in [6.07, 6.45) is 1.03. The summed E-state index contributed by atoms with van der Waals surface area (Å²) in [7, 11) is 0. The van der Waals surface area contributed by atoms with Gasteiger partial charge < -0.3 is 14.8 Å². The second kappa shape index (κ2) is 9.39. The Morgan fingerprint density at radius 3 is 2.63 bits per heavy atom. The van der Waals surface area contributed by atoms with Gasteiger partial charge in [-0.3, -0.25) is 4.79 Å². The van der Waals surface area contributed by atoms with Gasteiger partial charge in [-0.15, -0.1) is 0 Å². The van der Waals surface area contributed by atoms with Crippen molar-refractivity contribution in [3.05, 3.63) is 30.3 Å². The summed E-state index contributed by atoms with van der Waals surface area (Å²) in [5.41, 5.74) is 0. The number of amides is 1. The van der Waals surface area contributed by atoms with E-state index in [-0.39, 0.29) is 5.91 Å². The van der Waals surface area contributed by atoms with Crippen LogP contribution in [-0.2, 0) is 9.53 Å². The molecule has 0 saturated heterocycles. The largest absolute Gasteiger partial charge is 0.481 e. The van der Waals surface area contributed by atoms with Crippen molar-refractivity contribution in [2.75, 3.05) is 19.8 Å². The number of carbonyl (C=O) groups excluding carboxylic acids is 1. The summed E-state index contributed by atoms with van der Waals surface area (Å²) in [6.45, 7) is 5.90. The van der Waals surface area contributed by atoms with E-state index in [0.717, 1.165) is 12.2 Å². The molecule has 4 nitrogen and oxygen atoms in total. The van der Waals surface area contributed by atoms with E-state index in [4.69, 9.17) is 9.47 Å². The van der Waals surface area contributed by atoms with Crippen molar-refractivity contribution in [2.45, 2.75) is 32.8 Å². The van der Waals surface area contributed by atoms with Crippen molar-refractivity contribution in [1.29, 1.82) is 0 Å². The number of rotatable bonds is 9. The Balaban J connectivity index is 2.31. The quantitative estimate of drug-likeness (QED) is 0.697. The van der Waals surface area contributed by atoms with E-state index in [1.54, 1.807) is 0 Å². The fraction of sp³-hybridized carbons (Fsp3) is 0.533. The summed E-state index contributed by atoms with van der Waals surface area (Å²) in [4.78, 5) is 11.9. The van der Waals surface area contributed by atoms with Gasteiger partial charge in [0.2, 0.25) is 0 Å².